The predicted molar refractivity (Wildman–Crippen MR) is 128 cm³/mol. The number of anilines is 2. The minimum absolute atomic E-state index is 0.172. The molecule has 8 nitrogen and oxygen atoms in total. The number of nitrogens with one attached hydrogen (secondary N) is 1. The Hall–Kier alpha value is -2.78. The summed E-state index contributed by atoms with van der Waals surface area (Å²) in [5.74, 6) is 0.191. The Morgan fingerprint density at radius 1 is 1.24 bits per heavy atom. The van der Waals surface area contributed by atoms with E-state index in [-0.39, 0.29) is 11.9 Å². The number of benzene rings is 1. The summed E-state index contributed by atoms with van der Waals surface area (Å²) in [5.41, 5.74) is 1.50. The molecular formula is C24H31N5O3S. The van der Waals surface area contributed by atoms with Crippen LogP contribution in [0, 0.1) is 12.8 Å². The van der Waals surface area contributed by atoms with Crippen LogP contribution < -0.4 is 5.32 Å². The smallest absolute Gasteiger partial charge is 0.309 e. The van der Waals surface area contributed by atoms with Crippen LogP contribution in [-0.2, 0) is 22.2 Å². The lowest BCUT2D eigenvalue weighted by Crippen LogP contribution is -2.36. The first-order valence-electron chi connectivity index (χ1n) is 11.2. The summed E-state index contributed by atoms with van der Waals surface area (Å²) >= 11 is 1.50. The quantitative estimate of drug-likeness (QED) is 0.522. The van der Waals surface area contributed by atoms with Crippen molar-refractivity contribution in [2.75, 3.05) is 5.32 Å². The second kappa shape index (κ2) is 8.87. The standard InChI is InChI=1S/C24H31N5O3S/c1-15-10-17(12-18(11-15)27-22-26-14-29(5)28-22)19-13-25-21(33-19)24(31)8-6-16(7-9-24)20(30)32-23(2,3)4/h10-14,16,31H,6-9H2,1-5H3,(H,27,28). The highest BCUT2D eigenvalue weighted by atomic mass is 32.1. The monoisotopic (exact) mass is 469 g/mol. The summed E-state index contributed by atoms with van der Waals surface area (Å²) in [5, 5.41) is 19.5. The number of carbonyl (C=O) groups is 1. The highest BCUT2D eigenvalue weighted by Gasteiger charge is 2.40. The summed E-state index contributed by atoms with van der Waals surface area (Å²) in [7, 11) is 1.82. The minimum atomic E-state index is -1.01. The molecule has 0 spiro atoms. The van der Waals surface area contributed by atoms with Crippen LogP contribution in [-0.4, -0.2) is 36.4 Å². The molecule has 1 aliphatic rings. The fourth-order valence-electron chi connectivity index (χ4n) is 4.08. The lowest BCUT2D eigenvalue weighted by molar-refractivity contribution is -0.163. The maximum atomic E-state index is 12.4. The average molecular weight is 470 g/mol. The van der Waals surface area contributed by atoms with Gasteiger partial charge in [0.1, 0.15) is 22.5 Å². The second-order valence-electron chi connectivity index (χ2n) is 9.82. The van der Waals surface area contributed by atoms with Gasteiger partial charge in [0, 0.05) is 18.9 Å². The van der Waals surface area contributed by atoms with Crippen molar-refractivity contribution in [3.05, 3.63) is 41.3 Å². The molecule has 0 atom stereocenters. The number of aromatic nitrogens is 4. The summed E-state index contributed by atoms with van der Waals surface area (Å²) in [4.78, 5) is 22.2. The van der Waals surface area contributed by atoms with Crippen LogP contribution in [0.15, 0.2) is 30.7 Å². The van der Waals surface area contributed by atoms with E-state index in [1.54, 1.807) is 11.0 Å². The zero-order valence-corrected chi connectivity index (χ0v) is 20.6. The van der Waals surface area contributed by atoms with Gasteiger partial charge in [0.05, 0.1) is 10.8 Å². The summed E-state index contributed by atoms with van der Waals surface area (Å²) in [6, 6.07) is 6.16. The molecule has 176 valence electrons. The first kappa shape index (κ1) is 23.4. The number of esters is 1. The summed E-state index contributed by atoms with van der Waals surface area (Å²) in [6.45, 7) is 7.66. The fourth-order valence-corrected chi connectivity index (χ4v) is 5.12. The average Bonchev–Trinajstić information content (AvgIpc) is 3.36. The van der Waals surface area contributed by atoms with Crippen LogP contribution >= 0.6 is 11.3 Å². The molecule has 0 bridgehead atoms. The molecule has 0 aliphatic heterocycles. The molecule has 1 fully saturated rings. The third-order valence-electron chi connectivity index (χ3n) is 5.67. The van der Waals surface area contributed by atoms with Crippen LogP contribution in [0.2, 0.25) is 0 Å². The molecule has 4 rings (SSSR count). The largest absolute Gasteiger partial charge is 0.460 e. The Morgan fingerprint density at radius 2 is 1.97 bits per heavy atom. The van der Waals surface area contributed by atoms with Crippen LogP contribution in [0.1, 0.15) is 57.0 Å². The molecule has 0 unspecified atom stereocenters. The number of thiazole rings is 1. The molecule has 3 aromatic rings. The summed E-state index contributed by atoms with van der Waals surface area (Å²) < 4.78 is 7.18. The maximum absolute atomic E-state index is 12.4. The molecule has 2 heterocycles. The maximum Gasteiger partial charge on any atom is 0.309 e. The highest BCUT2D eigenvalue weighted by Crippen LogP contribution is 2.43. The van der Waals surface area contributed by atoms with Crippen molar-refractivity contribution in [2.24, 2.45) is 13.0 Å². The van der Waals surface area contributed by atoms with Gasteiger partial charge < -0.3 is 15.2 Å². The van der Waals surface area contributed by atoms with Crippen molar-refractivity contribution in [1.29, 1.82) is 0 Å². The van der Waals surface area contributed by atoms with Crippen LogP contribution in [0.4, 0.5) is 11.6 Å². The molecule has 33 heavy (non-hydrogen) atoms. The van der Waals surface area contributed by atoms with Crippen molar-refractivity contribution < 1.29 is 14.6 Å². The first-order chi connectivity index (χ1) is 15.5. The normalized spacial score (nSPS) is 21.1. The van der Waals surface area contributed by atoms with Gasteiger partial charge in [-0.3, -0.25) is 9.48 Å². The minimum Gasteiger partial charge on any atom is -0.460 e. The molecule has 1 aromatic carbocycles. The van der Waals surface area contributed by atoms with Crippen molar-refractivity contribution >= 4 is 28.9 Å². The van der Waals surface area contributed by atoms with Gasteiger partial charge >= 0.3 is 5.97 Å². The van der Waals surface area contributed by atoms with Gasteiger partial charge in [-0.1, -0.05) is 6.07 Å². The fraction of sp³-hybridized carbons (Fsp3) is 0.500. The highest BCUT2D eigenvalue weighted by molar-refractivity contribution is 7.15. The lowest BCUT2D eigenvalue weighted by Gasteiger charge is -2.34. The lowest BCUT2D eigenvalue weighted by atomic mass is 9.79. The van der Waals surface area contributed by atoms with E-state index in [9.17, 15) is 9.90 Å². The Labute approximate surface area is 198 Å². The number of rotatable bonds is 5. The third kappa shape index (κ3) is 5.59. The van der Waals surface area contributed by atoms with Crippen LogP contribution in [0.5, 0.6) is 0 Å². The number of nitrogens with zero attached hydrogens (tertiary/aromatic N) is 4. The molecule has 2 N–H and O–H groups in total. The van der Waals surface area contributed by atoms with Crippen molar-refractivity contribution in [3.8, 4) is 10.4 Å². The molecule has 9 heteroatoms. The molecular weight excluding hydrogens is 438 g/mol. The van der Waals surface area contributed by atoms with E-state index < -0.39 is 11.2 Å². The SMILES string of the molecule is Cc1cc(Nc2ncn(C)n2)cc(-c2cnc(C3(O)CCC(C(=O)OC(C)(C)C)CC3)s2)c1. The number of aliphatic hydroxyl groups is 1. The molecule has 0 saturated heterocycles. The number of hydrogen-bond acceptors (Lipinski definition) is 8. The van der Waals surface area contributed by atoms with E-state index in [4.69, 9.17) is 4.74 Å². The van der Waals surface area contributed by atoms with Gasteiger partial charge in [0.2, 0.25) is 5.95 Å². The van der Waals surface area contributed by atoms with E-state index in [1.165, 1.54) is 11.3 Å². The molecule has 1 saturated carbocycles. The summed E-state index contributed by atoms with van der Waals surface area (Å²) in [6.07, 6.45) is 5.64. The van der Waals surface area contributed by atoms with Crippen molar-refractivity contribution in [3.63, 3.8) is 0 Å². The zero-order chi connectivity index (χ0) is 23.8. The van der Waals surface area contributed by atoms with Crippen LogP contribution in [0.25, 0.3) is 10.4 Å². The third-order valence-corrected chi connectivity index (χ3v) is 6.91. The van der Waals surface area contributed by atoms with Gasteiger partial charge in [-0.25, -0.2) is 9.97 Å². The van der Waals surface area contributed by atoms with Gasteiger partial charge in [-0.05, 0) is 76.6 Å². The number of hydrogen-bond donors (Lipinski definition) is 2. The van der Waals surface area contributed by atoms with Gasteiger partial charge in [-0.15, -0.1) is 16.4 Å². The molecule has 0 radical (unpaired) electrons. The van der Waals surface area contributed by atoms with Crippen molar-refractivity contribution in [1.82, 2.24) is 19.7 Å². The van der Waals surface area contributed by atoms with E-state index in [0.717, 1.165) is 21.7 Å². The number of ether oxygens (including phenoxy) is 1. The number of aryl methyl sites for hydroxylation is 2. The van der Waals surface area contributed by atoms with Gasteiger partial charge in [-0.2, -0.15) is 0 Å². The van der Waals surface area contributed by atoms with Gasteiger partial charge in [0.25, 0.3) is 0 Å². The topological polar surface area (TPSA) is 102 Å². The molecule has 1 aliphatic carbocycles. The zero-order valence-electron chi connectivity index (χ0n) is 19.8. The number of carbonyl (C=O) groups excluding carboxylic acids is 1. The van der Waals surface area contributed by atoms with E-state index in [2.05, 4.69) is 26.4 Å². The van der Waals surface area contributed by atoms with E-state index in [1.807, 2.05) is 53.1 Å². The molecule has 2 aromatic heterocycles. The first-order valence-corrected chi connectivity index (χ1v) is 12.0. The van der Waals surface area contributed by atoms with E-state index >= 15 is 0 Å². The van der Waals surface area contributed by atoms with Crippen molar-refractivity contribution in [2.45, 2.75) is 64.6 Å². The predicted octanol–water partition coefficient (Wildman–Crippen LogP) is 4.71. The Bertz CT molecular complexity index is 1140. The van der Waals surface area contributed by atoms with Crippen LogP contribution in [0.3, 0.4) is 0 Å². The second-order valence-corrected chi connectivity index (χ2v) is 10.9. The Morgan fingerprint density at radius 3 is 2.61 bits per heavy atom. The van der Waals surface area contributed by atoms with Gasteiger partial charge in [0.15, 0.2) is 0 Å². The Kier molecular flexibility index (Phi) is 6.28. The molecule has 0 amide bonds. The Balaban J connectivity index is 1.47. The van der Waals surface area contributed by atoms with E-state index in [0.29, 0.717) is 36.6 Å².